The van der Waals surface area contributed by atoms with Crippen LogP contribution in [-0.2, 0) is 6.54 Å². The Morgan fingerprint density at radius 2 is 2.21 bits per heavy atom. The van der Waals surface area contributed by atoms with Gasteiger partial charge in [-0.15, -0.1) is 0 Å². The van der Waals surface area contributed by atoms with Gasteiger partial charge in [0.1, 0.15) is 5.75 Å². The number of nitrogen functional groups attached to an aromatic ring is 1. The van der Waals surface area contributed by atoms with Gasteiger partial charge in [0.25, 0.3) is 0 Å². The number of piperidine rings is 1. The van der Waals surface area contributed by atoms with Gasteiger partial charge in [-0.1, -0.05) is 19.8 Å². The lowest BCUT2D eigenvalue weighted by atomic mass is 9.97. The number of hydrogen-bond acceptors (Lipinski definition) is 3. The summed E-state index contributed by atoms with van der Waals surface area (Å²) in [5.74, 6) is 0.954. The van der Waals surface area contributed by atoms with Crippen LogP contribution in [0.25, 0.3) is 0 Å². The second-order valence-corrected chi connectivity index (χ2v) is 5.48. The Morgan fingerprint density at radius 1 is 1.37 bits per heavy atom. The number of ether oxygens (including phenoxy) is 1. The fourth-order valence-electron chi connectivity index (χ4n) is 3.07. The van der Waals surface area contributed by atoms with Crippen LogP contribution in [0.4, 0.5) is 5.69 Å². The van der Waals surface area contributed by atoms with Gasteiger partial charge >= 0.3 is 0 Å². The molecule has 1 aliphatic rings. The Labute approximate surface area is 116 Å². The van der Waals surface area contributed by atoms with E-state index in [2.05, 4.69) is 17.9 Å². The number of hydrogen-bond donors (Lipinski definition) is 1. The maximum absolute atomic E-state index is 5.91. The third-order valence-corrected chi connectivity index (χ3v) is 4.05. The lowest BCUT2D eigenvalue weighted by Crippen LogP contribution is -2.38. The Balaban J connectivity index is 2.11. The van der Waals surface area contributed by atoms with Crippen LogP contribution in [-0.4, -0.2) is 24.6 Å². The molecule has 1 atom stereocenters. The van der Waals surface area contributed by atoms with Crippen molar-refractivity contribution in [1.82, 2.24) is 4.90 Å². The van der Waals surface area contributed by atoms with E-state index in [1.807, 2.05) is 12.1 Å². The average molecular weight is 262 g/mol. The van der Waals surface area contributed by atoms with E-state index in [-0.39, 0.29) is 0 Å². The van der Waals surface area contributed by atoms with Gasteiger partial charge in [0, 0.05) is 23.8 Å². The first-order valence-corrected chi connectivity index (χ1v) is 7.41. The van der Waals surface area contributed by atoms with Crippen molar-refractivity contribution in [1.29, 1.82) is 0 Å². The van der Waals surface area contributed by atoms with Crippen LogP contribution < -0.4 is 10.5 Å². The summed E-state index contributed by atoms with van der Waals surface area (Å²) in [6.07, 6.45) is 6.57. The number of methoxy groups -OCH3 is 1. The predicted octanol–water partition coefficient (Wildman–Crippen LogP) is 3.43. The highest BCUT2D eigenvalue weighted by Gasteiger charge is 2.22. The van der Waals surface area contributed by atoms with Crippen LogP contribution in [0.1, 0.15) is 44.6 Å². The summed E-state index contributed by atoms with van der Waals surface area (Å²) < 4.78 is 5.45. The summed E-state index contributed by atoms with van der Waals surface area (Å²) in [5.41, 5.74) is 7.94. The smallest absolute Gasteiger partial charge is 0.123 e. The second kappa shape index (κ2) is 6.80. The summed E-state index contributed by atoms with van der Waals surface area (Å²) in [4.78, 5) is 2.60. The molecule has 0 aromatic heterocycles. The molecular weight excluding hydrogens is 236 g/mol. The van der Waals surface area contributed by atoms with Gasteiger partial charge in [0.15, 0.2) is 0 Å². The molecule has 0 amide bonds. The zero-order valence-electron chi connectivity index (χ0n) is 12.2. The van der Waals surface area contributed by atoms with E-state index in [4.69, 9.17) is 10.5 Å². The number of likely N-dealkylation sites (tertiary alicyclic amines) is 1. The quantitative estimate of drug-likeness (QED) is 0.826. The zero-order valence-corrected chi connectivity index (χ0v) is 12.2. The number of nitrogens with zero attached hydrogens (tertiary/aromatic N) is 1. The fourth-order valence-corrected chi connectivity index (χ4v) is 3.07. The highest BCUT2D eigenvalue weighted by Crippen LogP contribution is 2.27. The van der Waals surface area contributed by atoms with Crippen molar-refractivity contribution in [3.63, 3.8) is 0 Å². The molecule has 1 saturated heterocycles. The molecule has 3 heteroatoms. The number of anilines is 1. The van der Waals surface area contributed by atoms with Crippen molar-refractivity contribution in [2.75, 3.05) is 19.4 Å². The number of benzene rings is 1. The minimum Gasteiger partial charge on any atom is -0.496 e. The van der Waals surface area contributed by atoms with Crippen molar-refractivity contribution >= 4 is 5.69 Å². The van der Waals surface area contributed by atoms with E-state index in [0.717, 1.165) is 24.0 Å². The van der Waals surface area contributed by atoms with Crippen molar-refractivity contribution in [3.05, 3.63) is 23.8 Å². The summed E-state index contributed by atoms with van der Waals surface area (Å²) in [7, 11) is 1.73. The van der Waals surface area contributed by atoms with Crippen molar-refractivity contribution in [2.24, 2.45) is 0 Å². The van der Waals surface area contributed by atoms with Crippen LogP contribution in [0.15, 0.2) is 18.2 Å². The van der Waals surface area contributed by atoms with E-state index < -0.39 is 0 Å². The molecule has 0 radical (unpaired) electrons. The van der Waals surface area contributed by atoms with Crippen LogP contribution in [0.5, 0.6) is 5.75 Å². The van der Waals surface area contributed by atoms with E-state index in [1.165, 1.54) is 44.2 Å². The molecule has 1 fully saturated rings. The van der Waals surface area contributed by atoms with Crippen molar-refractivity contribution in [2.45, 2.75) is 51.6 Å². The van der Waals surface area contributed by atoms with E-state index >= 15 is 0 Å². The van der Waals surface area contributed by atoms with E-state index in [9.17, 15) is 0 Å². The molecule has 0 saturated carbocycles. The molecule has 1 heterocycles. The van der Waals surface area contributed by atoms with Crippen LogP contribution >= 0.6 is 0 Å². The molecule has 1 unspecified atom stereocenters. The van der Waals surface area contributed by atoms with E-state index in [1.54, 1.807) is 7.11 Å². The summed E-state index contributed by atoms with van der Waals surface area (Å²) in [6.45, 7) is 4.43. The third-order valence-electron chi connectivity index (χ3n) is 4.05. The van der Waals surface area contributed by atoms with Crippen molar-refractivity contribution in [3.8, 4) is 5.75 Å². The molecule has 2 rings (SSSR count). The second-order valence-electron chi connectivity index (χ2n) is 5.48. The highest BCUT2D eigenvalue weighted by atomic mass is 16.5. The monoisotopic (exact) mass is 262 g/mol. The van der Waals surface area contributed by atoms with Crippen LogP contribution in [0.3, 0.4) is 0 Å². The Bertz CT molecular complexity index is 404. The average Bonchev–Trinajstić information content (AvgIpc) is 2.42. The Hall–Kier alpha value is -1.22. The lowest BCUT2D eigenvalue weighted by Gasteiger charge is -2.36. The van der Waals surface area contributed by atoms with E-state index in [0.29, 0.717) is 0 Å². The van der Waals surface area contributed by atoms with Crippen LogP contribution in [0.2, 0.25) is 0 Å². The van der Waals surface area contributed by atoms with Gasteiger partial charge in [0.2, 0.25) is 0 Å². The minimum atomic E-state index is 0.727. The molecule has 1 aromatic carbocycles. The van der Waals surface area contributed by atoms with Gasteiger partial charge in [-0.25, -0.2) is 0 Å². The third kappa shape index (κ3) is 3.63. The summed E-state index contributed by atoms with van der Waals surface area (Å²) in [5, 5.41) is 0. The standard InChI is InChI=1S/C16H26N2O/c1-3-6-15-7-4-5-10-18(15)12-13-11-14(17)8-9-16(13)19-2/h8-9,11,15H,3-7,10,12,17H2,1-2H3. The molecule has 2 N–H and O–H groups in total. The molecule has 0 spiro atoms. The van der Waals surface area contributed by atoms with Crippen molar-refractivity contribution < 1.29 is 4.74 Å². The molecule has 3 nitrogen and oxygen atoms in total. The zero-order chi connectivity index (χ0) is 13.7. The Morgan fingerprint density at radius 3 is 2.95 bits per heavy atom. The Kier molecular flexibility index (Phi) is 5.08. The first-order chi connectivity index (χ1) is 9.24. The summed E-state index contributed by atoms with van der Waals surface area (Å²) in [6, 6.07) is 6.66. The molecule has 19 heavy (non-hydrogen) atoms. The maximum atomic E-state index is 5.91. The van der Waals surface area contributed by atoms with Gasteiger partial charge in [0.05, 0.1) is 7.11 Å². The normalized spacial score (nSPS) is 20.4. The number of rotatable bonds is 5. The highest BCUT2D eigenvalue weighted by molar-refractivity contribution is 5.47. The predicted molar refractivity (Wildman–Crippen MR) is 80.4 cm³/mol. The number of nitrogens with two attached hydrogens (primary N) is 1. The van der Waals surface area contributed by atoms with Gasteiger partial charge in [-0.3, -0.25) is 4.90 Å². The molecule has 1 aliphatic heterocycles. The first kappa shape index (κ1) is 14.2. The first-order valence-electron chi connectivity index (χ1n) is 7.41. The fraction of sp³-hybridized carbons (Fsp3) is 0.625. The molecule has 0 bridgehead atoms. The lowest BCUT2D eigenvalue weighted by molar-refractivity contribution is 0.130. The topological polar surface area (TPSA) is 38.5 Å². The largest absolute Gasteiger partial charge is 0.496 e. The molecular formula is C16H26N2O. The minimum absolute atomic E-state index is 0.727. The molecule has 1 aromatic rings. The summed E-state index contributed by atoms with van der Waals surface area (Å²) >= 11 is 0. The van der Waals surface area contributed by atoms with Crippen LogP contribution in [0, 0.1) is 0 Å². The SMILES string of the molecule is CCCC1CCCCN1Cc1cc(N)ccc1OC. The van der Waals surface area contributed by atoms with Gasteiger partial charge in [-0.05, 0) is 44.0 Å². The molecule has 0 aliphatic carbocycles. The molecule has 106 valence electrons. The van der Waals surface area contributed by atoms with Gasteiger partial charge < -0.3 is 10.5 Å². The van der Waals surface area contributed by atoms with Gasteiger partial charge in [-0.2, -0.15) is 0 Å². The maximum Gasteiger partial charge on any atom is 0.123 e.